The molecule has 0 saturated carbocycles. The van der Waals surface area contributed by atoms with Crippen LogP contribution in [0.5, 0.6) is 11.5 Å². The van der Waals surface area contributed by atoms with E-state index < -0.39 is 6.10 Å². The van der Waals surface area contributed by atoms with Crippen molar-refractivity contribution in [2.24, 2.45) is 0 Å². The van der Waals surface area contributed by atoms with Crippen LogP contribution in [0.3, 0.4) is 0 Å². The molecular weight excluding hydrogens is 194 g/mol. The summed E-state index contributed by atoms with van der Waals surface area (Å²) in [6.07, 6.45) is -0.580. The summed E-state index contributed by atoms with van der Waals surface area (Å²) in [6.45, 7) is 0.253. The van der Waals surface area contributed by atoms with Crippen LogP contribution in [0, 0.1) is 11.3 Å². The zero-order valence-electron chi connectivity index (χ0n) is 8.77. The Morgan fingerprint density at radius 3 is 2.27 bits per heavy atom. The molecule has 0 heterocycles. The predicted molar refractivity (Wildman–Crippen MR) is 54.9 cm³/mol. The maximum absolute atomic E-state index is 8.74. The van der Waals surface area contributed by atoms with Gasteiger partial charge in [0.1, 0.15) is 17.6 Å². The molecule has 0 spiro atoms. The third-order valence-electron chi connectivity index (χ3n) is 1.80. The molecule has 0 fully saturated rings. The van der Waals surface area contributed by atoms with Crippen molar-refractivity contribution < 1.29 is 14.2 Å². The van der Waals surface area contributed by atoms with E-state index >= 15 is 0 Å². The topological polar surface area (TPSA) is 51.5 Å². The van der Waals surface area contributed by atoms with Gasteiger partial charge >= 0.3 is 0 Å². The summed E-state index contributed by atoms with van der Waals surface area (Å²) in [4.78, 5) is 0. The Balaban J connectivity index is 2.60. The largest absolute Gasteiger partial charge is 0.497 e. The first kappa shape index (κ1) is 11.3. The van der Waals surface area contributed by atoms with Crippen LogP contribution in [-0.4, -0.2) is 26.9 Å². The van der Waals surface area contributed by atoms with Crippen LogP contribution >= 0.6 is 0 Å². The maximum atomic E-state index is 8.74. The van der Waals surface area contributed by atoms with E-state index in [1.54, 1.807) is 31.4 Å². The first-order valence-electron chi connectivity index (χ1n) is 4.49. The van der Waals surface area contributed by atoms with Crippen LogP contribution < -0.4 is 9.47 Å². The van der Waals surface area contributed by atoms with Crippen molar-refractivity contribution in [2.45, 2.75) is 6.10 Å². The van der Waals surface area contributed by atoms with Crippen LogP contribution in [0.1, 0.15) is 0 Å². The number of benzene rings is 1. The molecule has 4 nitrogen and oxygen atoms in total. The fourth-order valence-corrected chi connectivity index (χ4v) is 1.07. The molecule has 1 rings (SSSR count). The number of nitriles is 1. The van der Waals surface area contributed by atoms with Crippen molar-refractivity contribution in [1.82, 2.24) is 0 Å². The standard InChI is InChI=1S/C11H13NO3/c1-13-8-11(7-12)15-10-5-3-9(14-2)4-6-10/h3-6,11H,8H2,1-2H3. The fraction of sp³-hybridized carbons (Fsp3) is 0.364. The van der Waals surface area contributed by atoms with Crippen LogP contribution in [0.4, 0.5) is 0 Å². The average Bonchev–Trinajstić information content (AvgIpc) is 2.29. The van der Waals surface area contributed by atoms with Gasteiger partial charge < -0.3 is 14.2 Å². The molecule has 80 valence electrons. The molecule has 1 aromatic rings. The lowest BCUT2D eigenvalue weighted by Gasteiger charge is -2.11. The van der Waals surface area contributed by atoms with Crippen LogP contribution in [0.15, 0.2) is 24.3 Å². The lowest BCUT2D eigenvalue weighted by Crippen LogP contribution is -2.19. The summed E-state index contributed by atoms with van der Waals surface area (Å²) in [5.41, 5.74) is 0. The summed E-state index contributed by atoms with van der Waals surface area (Å²) in [5, 5.41) is 8.74. The molecule has 0 amide bonds. The van der Waals surface area contributed by atoms with Gasteiger partial charge in [-0.1, -0.05) is 0 Å². The van der Waals surface area contributed by atoms with Crippen molar-refractivity contribution in [3.8, 4) is 17.6 Å². The van der Waals surface area contributed by atoms with E-state index in [1.165, 1.54) is 7.11 Å². The van der Waals surface area contributed by atoms with Crippen molar-refractivity contribution in [2.75, 3.05) is 20.8 Å². The molecule has 0 saturated heterocycles. The van der Waals surface area contributed by atoms with Gasteiger partial charge in [-0.2, -0.15) is 5.26 Å². The molecular formula is C11H13NO3. The minimum atomic E-state index is -0.580. The minimum Gasteiger partial charge on any atom is -0.497 e. The zero-order chi connectivity index (χ0) is 11.1. The van der Waals surface area contributed by atoms with E-state index in [0.717, 1.165) is 5.75 Å². The van der Waals surface area contributed by atoms with Crippen molar-refractivity contribution >= 4 is 0 Å². The number of ether oxygens (including phenoxy) is 3. The summed E-state index contributed by atoms with van der Waals surface area (Å²) in [7, 11) is 3.13. The molecule has 1 aromatic carbocycles. The molecule has 0 bridgehead atoms. The van der Waals surface area contributed by atoms with E-state index in [-0.39, 0.29) is 6.61 Å². The Bertz CT molecular complexity index is 329. The first-order chi connectivity index (χ1) is 7.30. The SMILES string of the molecule is COCC(C#N)Oc1ccc(OC)cc1. The molecule has 15 heavy (non-hydrogen) atoms. The Kier molecular flexibility index (Phi) is 4.45. The molecule has 1 atom stereocenters. The molecule has 0 aliphatic heterocycles. The van der Waals surface area contributed by atoms with Gasteiger partial charge in [0.25, 0.3) is 0 Å². The van der Waals surface area contributed by atoms with Gasteiger partial charge in [0, 0.05) is 7.11 Å². The normalized spacial score (nSPS) is 11.5. The van der Waals surface area contributed by atoms with Gasteiger partial charge in [-0.3, -0.25) is 0 Å². The van der Waals surface area contributed by atoms with E-state index in [9.17, 15) is 0 Å². The highest BCUT2D eigenvalue weighted by Gasteiger charge is 2.08. The highest BCUT2D eigenvalue weighted by atomic mass is 16.5. The second-order valence-electron chi connectivity index (χ2n) is 2.87. The predicted octanol–water partition coefficient (Wildman–Crippen LogP) is 1.61. The number of methoxy groups -OCH3 is 2. The van der Waals surface area contributed by atoms with Gasteiger partial charge in [0.05, 0.1) is 13.7 Å². The highest BCUT2D eigenvalue weighted by Crippen LogP contribution is 2.18. The Hall–Kier alpha value is -1.73. The highest BCUT2D eigenvalue weighted by molar-refractivity contribution is 5.31. The van der Waals surface area contributed by atoms with Crippen LogP contribution in [0.25, 0.3) is 0 Å². The van der Waals surface area contributed by atoms with E-state index in [4.69, 9.17) is 19.5 Å². The van der Waals surface area contributed by atoms with Crippen molar-refractivity contribution in [3.05, 3.63) is 24.3 Å². The fourth-order valence-electron chi connectivity index (χ4n) is 1.07. The van der Waals surface area contributed by atoms with Crippen LogP contribution in [0.2, 0.25) is 0 Å². The van der Waals surface area contributed by atoms with Crippen LogP contribution in [-0.2, 0) is 4.74 Å². The third-order valence-corrected chi connectivity index (χ3v) is 1.80. The maximum Gasteiger partial charge on any atom is 0.207 e. The zero-order valence-corrected chi connectivity index (χ0v) is 8.77. The molecule has 0 N–H and O–H groups in total. The lowest BCUT2D eigenvalue weighted by atomic mass is 10.3. The molecule has 0 aromatic heterocycles. The van der Waals surface area contributed by atoms with Gasteiger partial charge in [-0.25, -0.2) is 0 Å². The molecule has 1 unspecified atom stereocenters. The molecule has 0 aliphatic rings. The molecule has 0 aliphatic carbocycles. The van der Waals surface area contributed by atoms with Gasteiger partial charge in [-0.05, 0) is 24.3 Å². The van der Waals surface area contributed by atoms with E-state index in [2.05, 4.69) is 0 Å². The van der Waals surface area contributed by atoms with Gasteiger partial charge in [0.15, 0.2) is 0 Å². The number of rotatable bonds is 5. The Labute approximate surface area is 89.0 Å². The van der Waals surface area contributed by atoms with E-state index in [1.807, 2.05) is 6.07 Å². The van der Waals surface area contributed by atoms with E-state index in [0.29, 0.717) is 5.75 Å². The number of hydrogen-bond donors (Lipinski definition) is 0. The Morgan fingerprint density at radius 1 is 1.20 bits per heavy atom. The lowest BCUT2D eigenvalue weighted by molar-refractivity contribution is 0.111. The van der Waals surface area contributed by atoms with Crippen molar-refractivity contribution in [1.29, 1.82) is 5.26 Å². The average molecular weight is 207 g/mol. The second kappa shape index (κ2) is 5.89. The van der Waals surface area contributed by atoms with Gasteiger partial charge in [-0.15, -0.1) is 0 Å². The summed E-state index contributed by atoms with van der Waals surface area (Å²) in [6, 6.07) is 9.05. The summed E-state index contributed by atoms with van der Waals surface area (Å²) < 4.78 is 15.2. The summed E-state index contributed by atoms with van der Waals surface area (Å²) in [5.74, 6) is 1.38. The van der Waals surface area contributed by atoms with Gasteiger partial charge in [0.2, 0.25) is 6.10 Å². The monoisotopic (exact) mass is 207 g/mol. The van der Waals surface area contributed by atoms with Crippen molar-refractivity contribution in [3.63, 3.8) is 0 Å². The summed E-state index contributed by atoms with van der Waals surface area (Å²) >= 11 is 0. The third kappa shape index (κ3) is 3.49. The number of hydrogen-bond acceptors (Lipinski definition) is 4. The Morgan fingerprint density at radius 2 is 1.80 bits per heavy atom. The second-order valence-corrected chi connectivity index (χ2v) is 2.87. The molecule has 0 radical (unpaired) electrons. The minimum absolute atomic E-state index is 0.253. The smallest absolute Gasteiger partial charge is 0.207 e. The molecule has 4 heteroatoms. The first-order valence-corrected chi connectivity index (χ1v) is 4.49. The quantitative estimate of drug-likeness (QED) is 0.736. The number of nitrogens with zero attached hydrogens (tertiary/aromatic N) is 1.